The number of ether oxygens (including phenoxy) is 1. The molecule has 0 radical (unpaired) electrons. The van der Waals surface area contributed by atoms with Crippen LogP contribution in [0.2, 0.25) is 0 Å². The number of halogens is 1. The highest BCUT2D eigenvalue weighted by Crippen LogP contribution is 2.41. The first-order chi connectivity index (χ1) is 17.3. The van der Waals surface area contributed by atoms with Crippen molar-refractivity contribution in [2.24, 2.45) is 5.92 Å². The molecule has 1 unspecified atom stereocenters. The molecule has 0 saturated carbocycles. The minimum atomic E-state index is -3.26. The van der Waals surface area contributed by atoms with Crippen molar-refractivity contribution in [2.75, 3.05) is 18.8 Å². The zero-order valence-electron chi connectivity index (χ0n) is 20.7. The molecule has 2 aliphatic rings. The van der Waals surface area contributed by atoms with Gasteiger partial charge >= 0.3 is 0 Å². The van der Waals surface area contributed by atoms with Gasteiger partial charge in [-0.1, -0.05) is 55.8 Å². The Kier molecular flexibility index (Phi) is 8.54. The summed E-state index contributed by atoms with van der Waals surface area (Å²) in [5, 5.41) is 6.94. The molecule has 1 amide bonds. The Morgan fingerprint density at radius 1 is 1.11 bits per heavy atom. The number of carbonyl (C=O) groups is 1. The first-order valence-corrected chi connectivity index (χ1v) is 14.5. The molecule has 1 fully saturated rings. The van der Waals surface area contributed by atoms with E-state index in [0.717, 1.165) is 54.1 Å². The predicted octanol–water partition coefficient (Wildman–Crippen LogP) is 4.84. The number of hydrogen-bond acceptors (Lipinski definition) is 5. The Morgan fingerprint density at radius 2 is 1.81 bits per heavy atom. The molecule has 6 nitrogen and oxygen atoms in total. The van der Waals surface area contributed by atoms with Crippen LogP contribution in [0.15, 0.2) is 70.2 Å². The number of allylic oxidation sites excluding steroid dienone is 4. The third-order valence-corrected chi connectivity index (χ3v) is 8.72. The number of amides is 1. The maximum absolute atomic E-state index is 12.7. The van der Waals surface area contributed by atoms with Gasteiger partial charge in [0.2, 0.25) is 5.91 Å². The Labute approximate surface area is 218 Å². The number of rotatable bonds is 8. The Hall–Kier alpha value is -2.61. The first kappa shape index (κ1) is 26.5. The highest BCUT2D eigenvalue weighted by molar-refractivity contribution is 7.91. The molecule has 1 heterocycles. The maximum Gasteiger partial charge on any atom is 0.228 e. The smallest absolute Gasteiger partial charge is 0.228 e. The second-order valence-corrected chi connectivity index (χ2v) is 12.1. The van der Waals surface area contributed by atoms with E-state index in [1.165, 1.54) is 0 Å². The van der Waals surface area contributed by atoms with Gasteiger partial charge in [0.05, 0.1) is 17.1 Å². The molecular formula is C28H33ClN2O4S. The molecule has 8 heteroatoms. The van der Waals surface area contributed by atoms with Crippen LogP contribution in [0.4, 0.5) is 0 Å². The molecule has 2 N–H and O–H groups in total. The fourth-order valence-corrected chi connectivity index (χ4v) is 6.02. The SMILES string of the molecule is CCS(=O)(=O)c1ccc(CC(=O)NC2=CC(Cl)=C(c3ccccc3OC3CCNCC3)C(C)C2)cc1. The Balaban J connectivity index is 1.46. The average Bonchev–Trinajstić information content (AvgIpc) is 2.85. The van der Waals surface area contributed by atoms with Crippen molar-refractivity contribution in [3.63, 3.8) is 0 Å². The molecule has 192 valence electrons. The van der Waals surface area contributed by atoms with E-state index < -0.39 is 9.84 Å². The van der Waals surface area contributed by atoms with E-state index in [0.29, 0.717) is 11.5 Å². The van der Waals surface area contributed by atoms with Crippen molar-refractivity contribution in [1.82, 2.24) is 10.6 Å². The third-order valence-electron chi connectivity index (χ3n) is 6.66. The van der Waals surface area contributed by atoms with Crippen LogP contribution in [0.3, 0.4) is 0 Å². The number of sulfone groups is 1. The van der Waals surface area contributed by atoms with E-state index in [1.54, 1.807) is 31.2 Å². The molecule has 2 aromatic carbocycles. The average molecular weight is 529 g/mol. The van der Waals surface area contributed by atoms with Crippen LogP contribution in [0, 0.1) is 5.92 Å². The van der Waals surface area contributed by atoms with E-state index in [9.17, 15) is 13.2 Å². The van der Waals surface area contributed by atoms with Crippen molar-refractivity contribution in [1.29, 1.82) is 0 Å². The normalized spacial score (nSPS) is 19.1. The molecule has 36 heavy (non-hydrogen) atoms. The molecular weight excluding hydrogens is 496 g/mol. The quantitative estimate of drug-likeness (QED) is 0.512. The lowest BCUT2D eigenvalue weighted by molar-refractivity contribution is -0.119. The van der Waals surface area contributed by atoms with Gasteiger partial charge in [-0.15, -0.1) is 0 Å². The van der Waals surface area contributed by atoms with Crippen molar-refractivity contribution in [3.05, 3.63) is 76.5 Å². The zero-order chi connectivity index (χ0) is 25.7. The van der Waals surface area contributed by atoms with Gasteiger partial charge in [0, 0.05) is 16.3 Å². The van der Waals surface area contributed by atoms with Gasteiger partial charge in [0.15, 0.2) is 9.84 Å². The number of para-hydroxylation sites is 1. The molecule has 1 atom stereocenters. The molecule has 0 bridgehead atoms. The minimum absolute atomic E-state index is 0.0457. The third kappa shape index (κ3) is 6.38. The number of piperidine rings is 1. The summed E-state index contributed by atoms with van der Waals surface area (Å²) < 4.78 is 30.4. The van der Waals surface area contributed by atoms with E-state index in [2.05, 4.69) is 17.6 Å². The van der Waals surface area contributed by atoms with Gasteiger partial charge in [-0.3, -0.25) is 4.79 Å². The van der Waals surface area contributed by atoms with Gasteiger partial charge in [0.25, 0.3) is 0 Å². The van der Waals surface area contributed by atoms with Crippen molar-refractivity contribution < 1.29 is 17.9 Å². The van der Waals surface area contributed by atoms with E-state index >= 15 is 0 Å². The fourth-order valence-electron chi connectivity index (χ4n) is 4.71. The van der Waals surface area contributed by atoms with Gasteiger partial charge in [-0.25, -0.2) is 8.42 Å². The lowest BCUT2D eigenvalue weighted by atomic mass is 9.86. The topological polar surface area (TPSA) is 84.5 Å². The van der Waals surface area contributed by atoms with Crippen LogP contribution in [-0.2, 0) is 21.1 Å². The number of benzene rings is 2. The molecule has 4 rings (SSSR count). The molecule has 2 aromatic rings. The second kappa shape index (κ2) is 11.6. The van der Waals surface area contributed by atoms with Crippen LogP contribution in [0.1, 0.15) is 44.2 Å². The lowest BCUT2D eigenvalue weighted by Gasteiger charge is -2.28. The summed E-state index contributed by atoms with van der Waals surface area (Å²) in [6.45, 7) is 5.63. The molecule has 1 saturated heterocycles. The highest BCUT2D eigenvalue weighted by Gasteiger charge is 2.25. The van der Waals surface area contributed by atoms with Crippen LogP contribution in [0.25, 0.3) is 5.57 Å². The molecule has 0 aromatic heterocycles. The second-order valence-electron chi connectivity index (χ2n) is 9.37. The zero-order valence-corrected chi connectivity index (χ0v) is 22.3. The maximum atomic E-state index is 12.7. The summed E-state index contributed by atoms with van der Waals surface area (Å²) in [4.78, 5) is 13.0. The summed E-state index contributed by atoms with van der Waals surface area (Å²) in [6, 6.07) is 14.5. The molecule has 0 spiro atoms. The van der Waals surface area contributed by atoms with Crippen molar-refractivity contribution >= 4 is 32.9 Å². The Bertz CT molecular complexity index is 1260. The van der Waals surface area contributed by atoms with Crippen LogP contribution in [-0.4, -0.2) is 39.3 Å². The van der Waals surface area contributed by atoms with E-state index in [-0.39, 0.29) is 35.0 Å². The predicted molar refractivity (Wildman–Crippen MR) is 144 cm³/mol. The first-order valence-electron chi connectivity index (χ1n) is 12.5. The van der Waals surface area contributed by atoms with E-state index in [4.69, 9.17) is 16.3 Å². The number of hydrogen-bond donors (Lipinski definition) is 2. The summed E-state index contributed by atoms with van der Waals surface area (Å²) in [7, 11) is -3.26. The summed E-state index contributed by atoms with van der Waals surface area (Å²) in [5.41, 5.74) is 3.53. The largest absolute Gasteiger partial charge is 0.490 e. The lowest BCUT2D eigenvalue weighted by Crippen LogP contribution is -2.34. The molecule has 1 aliphatic heterocycles. The Morgan fingerprint density at radius 3 is 2.47 bits per heavy atom. The summed E-state index contributed by atoms with van der Waals surface area (Å²) in [5.74, 6) is 0.819. The summed E-state index contributed by atoms with van der Waals surface area (Å²) in [6.07, 6.45) is 4.76. The monoisotopic (exact) mass is 528 g/mol. The highest BCUT2D eigenvalue weighted by atomic mass is 35.5. The van der Waals surface area contributed by atoms with Crippen LogP contribution >= 0.6 is 11.6 Å². The van der Waals surface area contributed by atoms with Gasteiger partial charge < -0.3 is 15.4 Å². The molecule has 1 aliphatic carbocycles. The summed E-state index contributed by atoms with van der Waals surface area (Å²) >= 11 is 6.77. The van der Waals surface area contributed by atoms with Crippen molar-refractivity contribution in [3.8, 4) is 5.75 Å². The number of carbonyl (C=O) groups excluding carboxylic acids is 1. The van der Waals surface area contributed by atoms with Gasteiger partial charge in [-0.05, 0) is 73.7 Å². The van der Waals surface area contributed by atoms with Crippen LogP contribution < -0.4 is 15.4 Å². The number of nitrogens with one attached hydrogen (secondary N) is 2. The van der Waals surface area contributed by atoms with Gasteiger partial charge in [0.1, 0.15) is 11.9 Å². The van der Waals surface area contributed by atoms with Crippen LogP contribution in [0.5, 0.6) is 5.75 Å². The standard InChI is InChI=1S/C28H33ClN2O4S/c1-3-36(33,34)23-10-8-20(9-11-23)17-27(32)31-21-16-19(2)28(25(29)18-21)24-6-4-5-7-26(24)35-22-12-14-30-15-13-22/h4-11,18-19,22,30H,3,12-17H2,1-2H3,(H,31,32). The van der Waals surface area contributed by atoms with Crippen molar-refractivity contribution in [2.45, 2.75) is 50.5 Å². The van der Waals surface area contributed by atoms with E-state index in [1.807, 2.05) is 30.3 Å². The minimum Gasteiger partial charge on any atom is -0.490 e. The fraction of sp³-hybridized carbons (Fsp3) is 0.393. The van der Waals surface area contributed by atoms with Gasteiger partial charge in [-0.2, -0.15) is 0 Å².